The Kier molecular flexibility index (Phi) is 5.37. The Labute approximate surface area is 128 Å². The molecular formula is C11H19ClN4O4S. The molecule has 1 aliphatic rings. The highest BCUT2D eigenvalue weighted by atomic mass is 35.5. The summed E-state index contributed by atoms with van der Waals surface area (Å²) in [5.41, 5.74) is -1.35. The van der Waals surface area contributed by atoms with E-state index in [1.807, 2.05) is 0 Å². The van der Waals surface area contributed by atoms with Gasteiger partial charge in [0.15, 0.2) is 4.90 Å². The van der Waals surface area contributed by atoms with Gasteiger partial charge >= 0.3 is 5.69 Å². The van der Waals surface area contributed by atoms with E-state index in [0.29, 0.717) is 19.6 Å². The number of piperazine rings is 1. The van der Waals surface area contributed by atoms with E-state index in [1.165, 1.54) is 18.4 Å². The lowest BCUT2D eigenvalue weighted by atomic mass is 10.3. The van der Waals surface area contributed by atoms with Crippen LogP contribution in [-0.4, -0.2) is 47.5 Å². The van der Waals surface area contributed by atoms with Gasteiger partial charge in [0, 0.05) is 46.0 Å². The van der Waals surface area contributed by atoms with E-state index in [-0.39, 0.29) is 23.3 Å². The zero-order valence-electron chi connectivity index (χ0n) is 12.1. The predicted molar refractivity (Wildman–Crippen MR) is 80.4 cm³/mol. The molecule has 1 aromatic rings. The minimum atomic E-state index is -3.90. The normalized spacial score (nSPS) is 20.0. The molecule has 1 atom stereocenters. The summed E-state index contributed by atoms with van der Waals surface area (Å²) in [5, 5.41) is 3.09. The molecule has 0 amide bonds. The fourth-order valence-corrected chi connectivity index (χ4v) is 4.04. The summed E-state index contributed by atoms with van der Waals surface area (Å²) in [4.78, 5) is 23.3. The van der Waals surface area contributed by atoms with Crippen LogP contribution < -0.4 is 16.6 Å². The van der Waals surface area contributed by atoms with Crippen LogP contribution in [-0.2, 0) is 24.1 Å². The first-order valence-electron chi connectivity index (χ1n) is 6.26. The molecule has 10 heteroatoms. The number of hydrogen-bond donors (Lipinski definition) is 1. The summed E-state index contributed by atoms with van der Waals surface area (Å²) < 4.78 is 28.4. The van der Waals surface area contributed by atoms with Gasteiger partial charge in [-0.2, -0.15) is 4.31 Å². The fourth-order valence-electron chi connectivity index (χ4n) is 2.26. The molecule has 0 unspecified atom stereocenters. The monoisotopic (exact) mass is 338 g/mol. The van der Waals surface area contributed by atoms with Crippen LogP contribution in [0.15, 0.2) is 20.7 Å². The van der Waals surface area contributed by atoms with Crippen molar-refractivity contribution in [3.05, 3.63) is 27.0 Å². The van der Waals surface area contributed by atoms with Crippen LogP contribution >= 0.6 is 12.4 Å². The summed E-state index contributed by atoms with van der Waals surface area (Å²) >= 11 is 0. The quantitative estimate of drug-likeness (QED) is 0.707. The largest absolute Gasteiger partial charge is 0.330 e. The third-order valence-electron chi connectivity index (χ3n) is 3.44. The van der Waals surface area contributed by atoms with Crippen molar-refractivity contribution in [1.82, 2.24) is 18.8 Å². The number of aromatic nitrogens is 2. The molecule has 120 valence electrons. The van der Waals surface area contributed by atoms with Crippen LogP contribution in [0.1, 0.15) is 6.92 Å². The second-order valence-electron chi connectivity index (χ2n) is 4.92. The van der Waals surface area contributed by atoms with Crippen molar-refractivity contribution in [3.63, 3.8) is 0 Å². The molecule has 1 fully saturated rings. The van der Waals surface area contributed by atoms with Gasteiger partial charge in [-0.25, -0.2) is 13.2 Å². The van der Waals surface area contributed by atoms with Crippen molar-refractivity contribution in [2.24, 2.45) is 14.1 Å². The molecule has 0 spiro atoms. The van der Waals surface area contributed by atoms with E-state index in [0.717, 1.165) is 15.3 Å². The molecule has 1 N–H and O–H groups in total. The number of sulfonamides is 1. The van der Waals surface area contributed by atoms with E-state index in [1.54, 1.807) is 6.92 Å². The Morgan fingerprint density at radius 3 is 2.48 bits per heavy atom. The fraction of sp³-hybridized carbons (Fsp3) is 0.636. The van der Waals surface area contributed by atoms with Gasteiger partial charge in [-0.1, -0.05) is 0 Å². The summed E-state index contributed by atoms with van der Waals surface area (Å²) in [6, 6.07) is -0.240. The summed E-state index contributed by atoms with van der Waals surface area (Å²) in [6.45, 7) is 3.15. The van der Waals surface area contributed by atoms with Gasteiger partial charge in [0.25, 0.3) is 5.56 Å². The van der Waals surface area contributed by atoms with Crippen molar-refractivity contribution in [2.45, 2.75) is 17.9 Å². The number of aryl methyl sites for hydroxylation is 1. The van der Waals surface area contributed by atoms with Gasteiger partial charge in [-0.05, 0) is 6.92 Å². The Bertz CT molecular complexity index is 740. The number of nitrogens with zero attached hydrogens (tertiary/aromatic N) is 3. The van der Waals surface area contributed by atoms with Crippen LogP contribution in [0.2, 0.25) is 0 Å². The van der Waals surface area contributed by atoms with E-state index in [9.17, 15) is 18.0 Å². The maximum absolute atomic E-state index is 12.6. The Morgan fingerprint density at radius 2 is 1.90 bits per heavy atom. The number of nitrogens with one attached hydrogen (secondary N) is 1. The maximum atomic E-state index is 12.6. The molecule has 0 saturated carbocycles. The first-order valence-corrected chi connectivity index (χ1v) is 7.70. The first kappa shape index (κ1) is 17.9. The van der Waals surface area contributed by atoms with Crippen LogP contribution in [0.3, 0.4) is 0 Å². The second kappa shape index (κ2) is 6.30. The average Bonchev–Trinajstić information content (AvgIpc) is 2.40. The highest BCUT2D eigenvalue weighted by molar-refractivity contribution is 7.89. The molecule has 2 rings (SSSR count). The van der Waals surface area contributed by atoms with Crippen LogP contribution in [0.5, 0.6) is 0 Å². The van der Waals surface area contributed by atoms with Crippen LogP contribution in [0, 0.1) is 0 Å². The number of rotatable bonds is 2. The molecule has 0 radical (unpaired) electrons. The molecule has 1 saturated heterocycles. The SMILES string of the molecule is C[C@@H]1CNCCN1S(=O)(=O)c1cn(C)c(=O)n(C)c1=O.Cl. The zero-order valence-corrected chi connectivity index (χ0v) is 13.7. The summed E-state index contributed by atoms with van der Waals surface area (Å²) in [7, 11) is -1.22. The summed E-state index contributed by atoms with van der Waals surface area (Å²) in [6.07, 6.45) is 1.09. The lowest BCUT2D eigenvalue weighted by molar-refractivity contribution is 0.283. The van der Waals surface area contributed by atoms with Crippen LogP contribution in [0.4, 0.5) is 0 Å². The van der Waals surface area contributed by atoms with Crippen molar-refractivity contribution in [2.75, 3.05) is 19.6 Å². The minimum Gasteiger partial charge on any atom is -0.314 e. The van der Waals surface area contributed by atoms with E-state index >= 15 is 0 Å². The van der Waals surface area contributed by atoms with E-state index < -0.39 is 21.3 Å². The maximum Gasteiger partial charge on any atom is 0.330 e. The molecular weight excluding hydrogens is 320 g/mol. The van der Waals surface area contributed by atoms with Crippen molar-refractivity contribution in [3.8, 4) is 0 Å². The van der Waals surface area contributed by atoms with Crippen molar-refractivity contribution < 1.29 is 8.42 Å². The molecule has 0 bridgehead atoms. The standard InChI is InChI=1S/C11H18N4O4S.ClH/c1-8-6-12-4-5-15(8)20(18,19)9-7-13(2)11(17)14(3)10(9)16;/h7-8,12H,4-6H2,1-3H3;1H/t8-;/m1./s1. The molecule has 21 heavy (non-hydrogen) atoms. The topological polar surface area (TPSA) is 93.4 Å². The van der Waals surface area contributed by atoms with Gasteiger partial charge in [-0.15, -0.1) is 12.4 Å². The Balaban J connectivity index is 0.00000220. The second-order valence-corrected chi connectivity index (χ2v) is 6.78. The predicted octanol–water partition coefficient (Wildman–Crippen LogP) is -1.51. The van der Waals surface area contributed by atoms with Gasteiger partial charge in [-0.3, -0.25) is 9.36 Å². The molecule has 1 aromatic heterocycles. The van der Waals surface area contributed by atoms with E-state index in [4.69, 9.17) is 0 Å². The molecule has 2 heterocycles. The highest BCUT2D eigenvalue weighted by Crippen LogP contribution is 2.15. The average molecular weight is 339 g/mol. The summed E-state index contributed by atoms with van der Waals surface area (Å²) in [5.74, 6) is 0. The number of halogens is 1. The molecule has 1 aliphatic heterocycles. The van der Waals surface area contributed by atoms with Gasteiger partial charge in [0.2, 0.25) is 10.0 Å². The van der Waals surface area contributed by atoms with E-state index in [2.05, 4.69) is 5.32 Å². The van der Waals surface area contributed by atoms with Gasteiger partial charge in [0.1, 0.15) is 0 Å². The lowest BCUT2D eigenvalue weighted by Crippen LogP contribution is -2.53. The first-order chi connectivity index (χ1) is 9.26. The lowest BCUT2D eigenvalue weighted by Gasteiger charge is -2.32. The van der Waals surface area contributed by atoms with Gasteiger partial charge in [0.05, 0.1) is 0 Å². The minimum absolute atomic E-state index is 0. The smallest absolute Gasteiger partial charge is 0.314 e. The Hall–Kier alpha value is -1.16. The molecule has 8 nitrogen and oxygen atoms in total. The van der Waals surface area contributed by atoms with Crippen molar-refractivity contribution in [1.29, 1.82) is 0 Å². The Morgan fingerprint density at radius 1 is 1.29 bits per heavy atom. The molecule has 0 aromatic carbocycles. The van der Waals surface area contributed by atoms with Gasteiger partial charge < -0.3 is 9.88 Å². The van der Waals surface area contributed by atoms with Crippen LogP contribution in [0.25, 0.3) is 0 Å². The zero-order chi connectivity index (χ0) is 15.1. The van der Waals surface area contributed by atoms with Crippen molar-refractivity contribution >= 4 is 22.4 Å². The number of hydrogen-bond acceptors (Lipinski definition) is 5. The molecule has 0 aliphatic carbocycles. The highest BCUT2D eigenvalue weighted by Gasteiger charge is 2.33. The third kappa shape index (κ3) is 3.05. The third-order valence-corrected chi connectivity index (χ3v) is 5.44.